The summed E-state index contributed by atoms with van der Waals surface area (Å²) in [6.07, 6.45) is 1.67. The van der Waals surface area contributed by atoms with Gasteiger partial charge in [-0.1, -0.05) is 34.5 Å². The van der Waals surface area contributed by atoms with Crippen molar-refractivity contribution in [1.82, 2.24) is 5.01 Å². The van der Waals surface area contributed by atoms with Crippen molar-refractivity contribution in [3.05, 3.63) is 64.7 Å². The van der Waals surface area contributed by atoms with Gasteiger partial charge in [-0.05, 0) is 63.9 Å². The third kappa shape index (κ3) is 5.42. The number of carbonyl (C=O) groups excluding carboxylic acids is 1. The Balaban J connectivity index is 1.56. The summed E-state index contributed by atoms with van der Waals surface area (Å²) in [7, 11) is 0. The number of amides is 1. The summed E-state index contributed by atoms with van der Waals surface area (Å²) in [4.78, 5) is 12.8. The van der Waals surface area contributed by atoms with Crippen molar-refractivity contribution in [2.24, 2.45) is 16.0 Å². The van der Waals surface area contributed by atoms with Gasteiger partial charge in [-0.25, -0.2) is 5.01 Å². The average molecular weight is 423 g/mol. The van der Waals surface area contributed by atoms with Gasteiger partial charge in [0.05, 0.1) is 17.9 Å². The highest BCUT2D eigenvalue weighted by atomic mass is 16.5. The number of aryl methyl sites for hydroxylation is 2. The lowest BCUT2D eigenvalue weighted by atomic mass is 9.93. The van der Waals surface area contributed by atoms with Gasteiger partial charge in [-0.2, -0.15) is 5.10 Å². The van der Waals surface area contributed by atoms with Gasteiger partial charge in [-0.15, -0.1) is 0 Å². The van der Waals surface area contributed by atoms with Gasteiger partial charge in [0.1, 0.15) is 5.75 Å². The Morgan fingerprint density at radius 2 is 1.84 bits per heavy atom. The maximum atomic E-state index is 12.8. The third-order valence-electron chi connectivity index (χ3n) is 5.25. The second-order valence-corrected chi connectivity index (χ2v) is 8.58. The molecule has 1 heterocycles. The molecule has 0 atom stereocenters. The number of hydrogen-bond acceptors (Lipinski definition) is 5. The van der Waals surface area contributed by atoms with Crippen LogP contribution in [0.3, 0.4) is 0 Å². The van der Waals surface area contributed by atoms with Gasteiger partial charge in [0.2, 0.25) is 5.91 Å². The van der Waals surface area contributed by atoms with E-state index in [0.717, 1.165) is 17.7 Å². The van der Waals surface area contributed by atoms with E-state index >= 15 is 0 Å². The zero-order valence-electron chi connectivity index (χ0n) is 18.6. The van der Waals surface area contributed by atoms with Crippen LogP contribution in [0.15, 0.2) is 52.7 Å². The highest BCUT2D eigenvalue weighted by Gasteiger charge is 2.38. The molecule has 0 saturated heterocycles. The molecule has 164 valence electrons. The molecular formula is C24H30N4O3. The predicted molar refractivity (Wildman–Crippen MR) is 122 cm³/mol. The summed E-state index contributed by atoms with van der Waals surface area (Å²) in [6, 6.07) is 13.3. The first-order valence-corrected chi connectivity index (χ1v) is 10.4. The highest BCUT2D eigenvalue weighted by Crippen LogP contribution is 2.30. The number of rotatable bonds is 7. The first kappa shape index (κ1) is 22.3. The Bertz CT molecular complexity index is 990. The minimum Gasteiger partial charge on any atom is -0.494 e. The summed E-state index contributed by atoms with van der Waals surface area (Å²) >= 11 is 0. The molecule has 1 amide bonds. The molecule has 1 aliphatic heterocycles. The van der Waals surface area contributed by atoms with E-state index in [-0.39, 0.29) is 17.3 Å². The number of oxime groups is 1. The number of hydrogen-bond donors (Lipinski definition) is 2. The molecule has 0 radical (unpaired) electrons. The van der Waals surface area contributed by atoms with Gasteiger partial charge in [0.25, 0.3) is 0 Å². The Hall–Kier alpha value is -3.35. The predicted octanol–water partition coefficient (Wildman–Crippen LogP) is 3.97. The van der Waals surface area contributed by atoms with E-state index in [1.807, 2.05) is 13.8 Å². The molecule has 7 nitrogen and oxygen atoms in total. The van der Waals surface area contributed by atoms with Crippen LogP contribution in [0.25, 0.3) is 0 Å². The molecule has 2 aromatic rings. The van der Waals surface area contributed by atoms with Crippen molar-refractivity contribution >= 4 is 17.5 Å². The number of amidine groups is 1. The number of hydrazone groups is 1. The molecule has 0 aromatic heterocycles. The Labute approximate surface area is 183 Å². The summed E-state index contributed by atoms with van der Waals surface area (Å²) in [6.45, 7) is 8.65. The zero-order valence-corrected chi connectivity index (χ0v) is 18.6. The summed E-state index contributed by atoms with van der Waals surface area (Å²) in [5, 5.41) is 18.0. The van der Waals surface area contributed by atoms with Gasteiger partial charge in [0, 0.05) is 18.4 Å². The molecule has 7 heteroatoms. The fraction of sp³-hybridized carbons (Fsp3) is 0.375. The Morgan fingerprint density at radius 3 is 2.45 bits per heavy atom. The molecule has 2 aromatic carbocycles. The van der Waals surface area contributed by atoms with E-state index in [4.69, 9.17) is 15.7 Å². The topological polar surface area (TPSA) is 101 Å². The molecule has 1 aliphatic rings. The van der Waals surface area contributed by atoms with E-state index in [2.05, 4.69) is 42.3 Å². The van der Waals surface area contributed by atoms with Crippen molar-refractivity contribution in [1.29, 1.82) is 0 Å². The van der Waals surface area contributed by atoms with Crippen molar-refractivity contribution in [3.8, 4) is 5.75 Å². The second kappa shape index (κ2) is 9.20. The first-order chi connectivity index (χ1) is 14.7. The van der Waals surface area contributed by atoms with Crippen LogP contribution in [0.4, 0.5) is 0 Å². The van der Waals surface area contributed by atoms with E-state index in [9.17, 15) is 4.79 Å². The van der Waals surface area contributed by atoms with E-state index in [1.165, 1.54) is 11.1 Å². The number of nitrogens with two attached hydrogens (primary N) is 1. The summed E-state index contributed by atoms with van der Waals surface area (Å²) < 4.78 is 5.71. The van der Waals surface area contributed by atoms with E-state index in [1.54, 1.807) is 29.3 Å². The van der Waals surface area contributed by atoms with Crippen LogP contribution < -0.4 is 10.5 Å². The first-order valence-electron chi connectivity index (χ1n) is 10.4. The highest BCUT2D eigenvalue weighted by molar-refractivity contribution is 6.03. The van der Waals surface area contributed by atoms with Crippen molar-refractivity contribution in [2.45, 2.75) is 52.5 Å². The molecule has 3 N–H and O–H groups in total. The largest absolute Gasteiger partial charge is 0.494 e. The van der Waals surface area contributed by atoms with Gasteiger partial charge in [-0.3, -0.25) is 4.79 Å². The third-order valence-corrected chi connectivity index (χ3v) is 5.25. The minimum absolute atomic E-state index is 0.00439. The van der Waals surface area contributed by atoms with Gasteiger partial charge in [0.15, 0.2) is 5.84 Å². The molecule has 3 rings (SSSR count). The molecule has 0 saturated carbocycles. The van der Waals surface area contributed by atoms with E-state index < -0.39 is 0 Å². The molecule has 0 aliphatic carbocycles. The normalized spacial score (nSPS) is 15.7. The van der Waals surface area contributed by atoms with Crippen LogP contribution in [0.1, 0.15) is 55.4 Å². The average Bonchev–Trinajstić information content (AvgIpc) is 3.05. The van der Waals surface area contributed by atoms with Crippen molar-refractivity contribution < 1.29 is 14.7 Å². The summed E-state index contributed by atoms with van der Waals surface area (Å²) in [5.74, 6) is 0.708. The maximum absolute atomic E-state index is 12.8. The number of ether oxygens (including phenoxy) is 1. The van der Waals surface area contributed by atoms with Crippen molar-refractivity contribution in [2.75, 3.05) is 6.61 Å². The fourth-order valence-corrected chi connectivity index (χ4v) is 3.77. The maximum Gasteiger partial charge on any atom is 0.243 e. The Kier molecular flexibility index (Phi) is 6.63. The lowest BCUT2D eigenvalue weighted by Gasteiger charge is -2.28. The Morgan fingerprint density at radius 1 is 1.19 bits per heavy atom. The minimum atomic E-state index is -0.352. The van der Waals surface area contributed by atoms with Crippen LogP contribution in [0, 0.1) is 13.8 Å². The molecule has 0 spiro atoms. The molecule has 31 heavy (non-hydrogen) atoms. The molecular weight excluding hydrogens is 392 g/mol. The van der Waals surface area contributed by atoms with Gasteiger partial charge < -0.3 is 15.7 Å². The smallest absolute Gasteiger partial charge is 0.243 e. The lowest BCUT2D eigenvalue weighted by molar-refractivity contribution is -0.135. The SMILES string of the molecule is Cc1cc(C)cc(C2=NN(C(=O)CCCOc3ccc(C(N)=NO)cc3)C(C)(C)C2)c1. The number of carbonyl (C=O) groups is 1. The molecule has 0 fully saturated rings. The number of benzene rings is 2. The van der Waals surface area contributed by atoms with Crippen molar-refractivity contribution in [3.63, 3.8) is 0 Å². The quantitative estimate of drug-likeness (QED) is 0.232. The summed E-state index contributed by atoms with van der Waals surface area (Å²) in [5.41, 5.74) is 10.2. The molecule has 0 unspecified atom stereocenters. The number of nitrogens with zero attached hydrogens (tertiary/aromatic N) is 3. The van der Waals surface area contributed by atoms with Gasteiger partial charge >= 0.3 is 0 Å². The fourth-order valence-electron chi connectivity index (χ4n) is 3.77. The van der Waals surface area contributed by atoms with Crippen LogP contribution in [-0.2, 0) is 4.79 Å². The lowest BCUT2D eigenvalue weighted by Crippen LogP contribution is -2.40. The van der Waals surface area contributed by atoms with Crippen LogP contribution >= 0.6 is 0 Å². The molecule has 0 bridgehead atoms. The van der Waals surface area contributed by atoms with Crippen LogP contribution in [0.2, 0.25) is 0 Å². The van der Waals surface area contributed by atoms with E-state index in [0.29, 0.717) is 30.8 Å². The second-order valence-electron chi connectivity index (χ2n) is 8.58. The van der Waals surface area contributed by atoms with Crippen LogP contribution in [0.5, 0.6) is 5.75 Å². The standard InChI is InChI=1S/C24H30N4O3/c1-16-12-17(2)14-19(13-16)21-15-24(3,4)28(26-21)22(29)6-5-11-31-20-9-7-18(8-10-20)23(25)27-30/h7-10,12-14,30H,5-6,11,15H2,1-4H3,(H2,25,27). The van der Waals surface area contributed by atoms with Crippen LogP contribution in [-0.4, -0.2) is 39.8 Å². The monoisotopic (exact) mass is 422 g/mol. The zero-order chi connectivity index (χ0) is 22.6.